The molecule has 2 N–H and O–H groups in total. The second kappa shape index (κ2) is 9.06. The van der Waals surface area contributed by atoms with E-state index in [1.54, 1.807) is 12.1 Å². The summed E-state index contributed by atoms with van der Waals surface area (Å²) in [4.78, 5) is 12.0. The number of nitrogens with one attached hydrogen (secondary N) is 2. The Morgan fingerprint density at radius 3 is 2.50 bits per heavy atom. The van der Waals surface area contributed by atoms with Gasteiger partial charge in [-0.3, -0.25) is 4.79 Å². The van der Waals surface area contributed by atoms with E-state index in [0.717, 1.165) is 5.01 Å². The first kappa shape index (κ1) is 20.3. The van der Waals surface area contributed by atoms with Crippen LogP contribution in [0, 0.1) is 0 Å². The molecular formula is C16H22N4O4S2. The van der Waals surface area contributed by atoms with Gasteiger partial charge in [0.25, 0.3) is 0 Å². The Balaban J connectivity index is 1.84. The Morgan fingerprint density at radius 2 is 1.92 bits per heavy atom. The van der Waals surface area contributed by atoms with Gasteiger partial charge in [0.05, 0.1) is 11.5 Å². The van der Waals surface area contributed by atoms with Crippen LogP contribution in [-0.2, 0) is 14.8 Å². The lowest BCUT2D eigenvalue weighted by Crippen LogP contribution is -2.27. The number of rotatable bonds is 9. The van der Waals surface area contributed by atoms with Crippen molar-refractivity contribution in [3.05, 3.63) is 29.3 Å². The molecule has 2 aromatic rings. The van der Waals surface area contributed by atoms with Crippen molar-refractivity contribution in [1.82, 2.24) is 14.9 Å². The molecule has 2 rings (SSSR count). The van der Waals surface area contributed by atoms with Crippen molar-refractivity contribution < 1.29 is 17.9 Å². The second-order valence-corrected chi connectivity index (χ2v) is 8.48. The van der Waals surface area contributed by atoms with Gasteiger partial charge >= 0.3 is 0 Å². The first-order valence-corrected chi connectivity index (χ1v) is 10.5. The van der Waals surface area contributed by atoms with Crippen LogP contribution in [0.2, 0.25) is 0 Å². The fourth-order valence-electron chi connectivity index (χ4n) is 1.96. The quantitative estimate of drug-likeness (QED) is 0.671. The fourth-order valence-corrected chi connectivity index (χ4v) is 3.76. The first-order valence-electron chi connectivity index (χ1n) is 8.17. The maximum Gasteiger partial charge on any atom is 0.240 e. The Kier molecular flexibility index (Phi) is 7.06. The number of hydrogen-bond acceptors (Lipinski definition) is 7. The zero-order valence-electron chi connectivity index (χ0n) is 14.9. The smallest absolute Gasteiger partial charge is 0.240 e. The monoisotopic (exact) mass is 398 g/mol. The molecule has 0 saturated heterocycles. The SMILES string of the molecule is CCOc1ccc(S(=O)(=O)NCCC(=O)Nc2nnc(C(C)C)s2)cc1. The Morgan fingerprint density at radius 1 is 1.23 bits per heavy atom. The molecule has 0 aliphatic rings. The van der Waals surface area contributed by atoms with Gasteiger partial charge in [-0.05, 0) is 31.2 Å². The molecule has 1 amide bonds. The number of amides is 1. The van der Waals surface area contributed by atoms with Crippen LogP contribution in [-0.4, -0.2) is 37.7 Å². The maximum atomic E-state index is 12.2. The van der Waals surface area contributed by atoms with Crippen LogP contribution in [0.3, 0.4) is 0 Å². The number of nitrogens with zero attached hydrogens (tertiary/aromatic N) is 2. The summed E-state index contributed by atoms with van der Waals surface area (Å²) in [5.41, 5.74) is 0. The molecule has 0 unspecified atom stereocenters. The van der Waals surface area contributed by atoms with Crippen molar-refractivity contribution >= 4 is 32.4 Å². The van der Waals surface area contributed by atoms with Crippen molar-refractivity contribution in [3.8, 4) is 5.75 Å². The highest BCUT2D eigenvalue weighted by molar-refractivity contribution is 7.89. The van der Waals surface area contributed by atoms with Crippen molar-refractivity contribution in [2.24, 2.45) is 0 Å². The van der Waals surface area contributed by atoms with E-state index in [4.69, 9.17) is 4.74 Å². The van der Waals surface area contributed by atoms with Gasteiger partial charge in [0.2, 0.25) is 21.1 Å². The Hall–Kier alpha value is -2.04. The van der Waals surface area contributed by atoms with E-state index in [1.807, 2.05) is 20.8 Å². The molecule has 142 valence electrons. The van der Waals surface area contributed by atoms with Gasteiger partial charge in [-0.15, -0.1) is 10.2 Å². The van der Waals surface area contributed by atoms with E-state index in [9.17, 15) is 13.2 Å². The van der Waals surface area contributed by atoms with Crippen LogP contribution in [0.1, 0.15) is 38.1 Å². The fraction of sp³-hybridized carbons (Fsp3) is 0.438. The molecule has 0 aliphatic carbocycles. The van der Waals surface area contributed by atoms with Gasteiger partial charge in [0.15, 0.2) is 0 Å². The lowest BCUT2D eigenvalue weighted by atomic mass is 10.2. The summed E-state index contributed by atoms with van der Waals surface area (Å²) in [6, 6.07) is 6.10. The number of benzene rings is 1. The Bertz CT molecular complexity index is 832. The normalized spacial score (nSPS) is 11.5. The Labute approximate surface area is 157 Å². The molecule has 0 fully saturated rings. The first-order chi connectivity index (χ1) is 12.3. The second-order valence-electron chi connectivity index (χ2n) is 5.70. The number of sulfonamides is 1. The summed E-state index contributed by atoms with van der Waals surface area (Å²) in [7, 11) is -3.68. The molecule has 0 bridgehead atoms. The topological polar surface area (TPSA) is 110 Å². The van der Waals surface area contributed by atoms with Crippen LogP contribution in [0.4, 0.5) is 5.13 Å². The van der Waals surface area contributed by atoms with Gasteiger partial charge in [-0.25, -0.2) is 13.1 Å². The lowest BCUT2D eigenvalue weighted by Gasteiger charge is -2.08. The van der Waals surface area contributed by atoms with Crippen molar-refractivity contribution in [2.45, 2.75) is 38.0 Å². The van der Waals surface area contributed by atoms with E-state index in [-0.39, 0.29) is 29.7 Å². The molecule has 8 nitrogen and oxygen atoms in total. The number of carbonyl (C=O) groups is 1. The van der Waals surface area contributed by atoms with Crippen LogP contribution in [0.5, 0.6) is 5.75 Å². The molecule has 0 radical (unpaired) electrons. The number of carbonyl (C=O) groups excluding carboxylic acids is 1. The van der Waals surface area contributed by atoms with Crippen LogP contribution >= 0.6 is 11.3 Å². The molecular weight excluding hydrogens is 376 g/mol. The summed E-state index contributed by atoms with van der Waals surface area (Å²) in [5, 5.41) is 11.7. The van der Waals surface area contributed by atoms with Gasteiger partial charge in [0.1, 0.15) is 10.8 Å². The highest BCUT2D eigenvalue weighted by Gasteiger charge is 2.15. The summed E-state index contributed by atoms with van der Waals surface area (Å²) in [6.07, 6.45) is -0.00709. The van der Waals surface area contributed by atoms with Crippen molar-refractivity contribution in [3.63, 3.8) is 0 Å². The molecule has 1 aromatic carbocycles. The van der Waals surface area contributed by atoms with Gasteiger partial charge < -0.3 is 10.1 Å². The summed E-state index contributed by atoms with van der Waals surface area (Å²) in [5.74, 6) is 0.508. The highest BCUT2D eigenvalue weighted by atomic mass is 32.2. The zero-order chi connectivity index (χ0) is 19.2. The van der Waals surface area contributed by atoms with Crippen molar-refractivity contribution in [1.29, 1.82) is 0 Å². The number of ether oxygens (including phenoxy) is 1. The van der Waals surface area contributed by atoms with Crippen LogP contribution < -0.4 is 14.8 Å². The highest BCUT2D eigenvalue weighted by Crippen LogP contribution is 2.22. The van der Waals surface area contributed by atoms with Gasteiger partial charge in [-0.1, -0.05) is 25.2 Å². The van der Waals surface area contributed by atoms with E-state index in [2.05, 4.69) is 20.2 Å². The number of hydrogen-bond donors (Lipinski definition) is 2. The molecule has 1 heterocycles. The van der Waals surface area contributed by atoms with Crippen LogP contribution in [0.25, 0.3) is 0 Å². The average Bonchev–Trinajstić information content (AvgIpc) is 3.04. The van der Waals surface area contributed by atoms with Gasteiger partial charge in [-0.2, -0.15) is 0 Å². The number of anilines is 1. The predicted octanol–water partition coefficient (Wildman–Crippen LogP) is 2.37. The van der Waals surface area contributed by atoms with E-state index < -0.39 is 10.0 Å². The summed E-state index contributed by atoms with van der Waals surface area (Å²) < 4.78 is 32.1. The predicted molar refractivity (Wildman–Crippen MR) is 100 cm³/mol. The minimum absolute atomic E-state index is 0.00709. The third-order valence-corrected chi connectivity index (χ3v) is 5.89. The standard InChI is InChI=1S/C16H22N4O4S2/c1-4-24-12-5-7-13(8-6-12)26(22,23)17-10-9-14(21)18-16-20-19-15(25-16)11(2)3/h5-8,11,17H,4,9-10H2,1-3H3,(H,18,20,21). The summed E-state index contributed by atoms with van der Waals surface area (Å²) in [6.45, 7) is 6.32. The number of aromatic nitrogens is 2. The lowest BCUT2D eigenvalue weighted by molar-refractivity contribution is -0.116. The molecule has 0 atom stereocenters. The molecule has 0 saturated carbocycles. The van der Waals surface area contributed by atoms with Crippen molar-refractivity contribution in [2.75, 3.05) is 18.5 Å². The largest absolute Gasteiger partial charge is 0.494 e. The minimum Gasteiger partial charge on any atom is -0.494 e. The van der Waals surface area contributed by atoms with Gasteiger partial charge in [0, 0.05) is 18.9 Å². The molecule has 26 heavy (non-hydrogen) atoms. The molecule has 1 aromatic heterocycles. The third-order valence-electron chi connectivity index (χ3n) is 3.27. The molecule has 0 aliphatic heterocycles. The molecule has 10 heteroatoms. The maximum absolute atomic E-state index is 12.2. The van der Waals surface area contributed by atoms with Crippen LogP contribution in [0.15, 0.2) is 29.2 Å². The zero-order valence-corrected chi connectivity index (χ0v) is 16.5. The van der Waals surface area contributed by atoms with E-state index in [1.165, 1.54) is 23.5 Å². The summed E-state index contributed by atoms with van der Waals surface area (Å²) >= 11 is 1.31. The van der Waals surface area contributed by atoms with E-state index >= 15 is 0 Å². The minimum atomic E-state index is -3.68. The average molecular weight is 399 g/mol. The van der Waals surface area contributed by atoms with E-state index in [0.29, 0.717) is 17.5 Å². The third kappa shape index (κ3) is 5.75. The molecule has 0 spiro atoms.